The second kappa shape index (κ2) is 4.10. The highest BCUT2D eigenvalue weighted by atomic mass is 16.5. The molecule has 1 aromatic carbocycles. The topological polar surface area (TPSA) is 12.5 Å². The van der Waals surface area contributed by atoms with Gasteiger partial charge in [-0.05, 0) is 43.4 Å². The molecule has 86 valence electrons. The lowest BCUT2D eigenvalue weighted by molar-refractivity contribution is 0.0532. The Bertz CT molecular complexity index is 373. The monoisotopic (exact) mass is 217 g/mol. The van der Waals surface area contributed by atoms with E-state index in [9.17, 15) is 0 Å². The molecule has 0 radical (unpaired) electrons. The van der Waals surface area contributed by atoms with Crippen molar-refractivity contribution in [3.8, 4) is 0 Å². The van der Waals surface area contributed by atoms with Gasteiger partial charge in [-0.2, -0.15) is 0 Å². The molecule has 2 heteroatoms. The first kappa shape index (κ1) is 10.2. The van der Waals surface area contributed by atoms with Gasteiger partial charge in [0.25, 0.3) is 0 Å². The molecule has 1 saturated carbocycles. The maximum atomic E-state index is 5.58. The first-order valence-electron chi connectivity index (χ1n) is 6.29. The number of nitrogens with zero attached hydrogens (tertiary/aromatic N) is 1. The van der Waals surface area contributed by atoms with Gasteiger partial charge in [0.05, 0.1) is 12.7 Å². The van der Waals surface area contributed by atoms with Gasteiger partial charge in [-0.25, -0.2) is 0 Å². The van der Waals surface area contributed by atoms with E-state index in [1.54, 1.807) is 0 Å². The molecular formula is C14H19NO. The second-order valence-corrected chi connectivity index (χ2v) is 5.00. The van der Waals surface area contributed by atoms with Gasteiger partial charge in [-0.15, -0.1) is 0 Å². The van der Waals surface area contributed by atoms with Crippen molar-refractivity contribution in [2.45, 2.75) is 31.8 Å². The smallest absolute Gasteiger partial charge is 0.0722 e. The average Bonchev–Trinajstić information content (AvgIpc) is 3.13. The van der Waals surface area contributed by atoms with Crippen LogP contribution >= 0.6 is 0 Å². The van der Waals surface area contributed by atoms with Crippen molar-refractivity contribution < 1.29 is 4.74 Å². The zero-order valence-electron chi connectivity index (χ0n) is 9.86. The molecule has 1 saturated heterocycles. The number of benzene rings is 1. The molecule has 1 aromatic rings. The third kappa shape index (κ3) is 2.07. The lowest BCUT2D eigenvalue weighted by Gasteiger charge is -2.33. The minimum Gasteiger partial charge on any atom is -0.375 e. The predicted octanol–water partition coefficient (Wildman–Crippen LogP) is 2.79. The summed E-state index contributed by atoms with van der Waals surface area (Å²) < 4.78 is 5.58. The summed E-state index contributed by atoms with van der Waals surface area (Å²) in [6.07, 6.45) is 3.12. The van der Waals surface area contributed by atoms with E-state index >= 15 is 0 Å². The molecule has 3 rings (SSSR count). The highest BCUT2D eigenvalue weighted by Crippen LogP contribution is 2.41. The van der Waals surface area contributed by atoms with Crippen LogP contribution < -0.4 is 4.90 Å². The quantitative estimate of drug-likeness (QED) is 0.755. The second-order valence-electron chi connectivity index (χ2n) is 5.00. The van der Waals surface area contributed by atoms with E-state index in [-0.39, 0.29) is 0 Å². The number of ether oxygens (including phenoxy) is 1. The summed E-state index contributed by atoms with van der Waals surface area (Å²) in [5.41, 5.74) is 2.90. The van der Waals surface area contributed by atoms with Crippen LogP contribution in [0.15, 0.2) is 24.3 Å². The van der Waals surface area contributed by atoms with E-state index in [0.717, 1.165) is 25.6 Å². The summed E-state index contributed by atoms with van der Waals surface area (Å²) >= 11 is 0. The van der Waals surface area contributed by atoms with Crippen LogP contribution in [0.3, 0.4) is 0 Å². The fourth-order valence-electron chi connectivity index (χ4n) is 2.45. The summed E-state index contributed by atoms with van der Waals surface area (Å²) in [6, 6.07) is 9.06. The van der Waals surface area contributed by atoms with Gasteiger partial charge >= 0.3 is 0 Å². The SMILES string of the molecule is C[C@@H]1CN(c2cccc(C3CC3)c2)CCO1. The first-order valence-corrected chi connectivity index (χ1v) is 6.29. The van der Waals surface area contributed by atoms with Crippen LogP contribution in [0.5, 0.6) is 0 Å². The zero-order valence-corrected chi connectivity index (χ0v) is 9.86. The molecule has 0 N–H and O–H groups in total. The van der Waals surface area contributed by atoms with E-state index in [1.165, 1.54) is 24.1 Å². The highest BCUT2D eigenvalue weighted by Gasteiger charge is 2.24. The van der Waals surface area contributed by atoms with Gasteiger partial charge < -0.3 is 9.64 Å². The maximum absolute atomic E-state index is 5.58. The normalized spacial score (nSPS) is 25.8. The van der Waals surface area contributed by atoms with Gasteiger partial charge in [0, 0.05) is 18.8 Å². The fraction of sp³-hybridized carbons (Fsp3) is 0.571. The summed E-state index contributed by atoms with van der Waals surface area (Å²) in [5.74, 6) is 0.846. The standard InChI is InChI=1S/C14H19NO/c1-11-10-15(7-8-16-11)14-4-2-3-13(9-14)12-5-6-12/h2-4,9,11-12H,5-8,10H2,1H3/t11-/m1/s1. The predicted molar refractivity (Wildman–Crippen MR) is 66.0 cm³/mol. The Kier molecular flexibility index (Phi) is 2.60. The van der Waals surface area contributed by atoms with Crippen molar-refractivity contribution >= 4 is 5.69 Å². The molecule has 16 heavy (non-hydrogen) atoms. The Labute approximate surface area is 97.2 Å². The Balaban J connectivity index is 1.79. The van der Waals surface area contributed by atoms with Crippen LogP contribution in [-0.4, -0.2) is 25.8 Å². The van der Waals surface area contributed by atoms with Gasteiger partial charge in [-0.1, -0.05) is 12.1 Å². The number of rotatable bonds is 2. The summed E-state index contributed by atoms with van der Waals surface area (Å²) in [5, 5.41) is 0. The maximum Gasteiger partial charge on any atom is 0.0722 e. The van der Waals surface area contributed by atoms with Crippen molar-refractivity contribution in [1.29, 1.82) is 0 Å². The van der Waals surface area contributed by atoms with Crippen LogP contribution in [0.2, 0.25) is 0 Å². The van der Waals surface area contributed by atoms with E-state index in [1.807, 2.05) is 0 Å². The van der Waals surface area contributed by atoms with E-state index < -0.39 is 0 Å². The van der Waals surface area contributed by atoms with E-state index in [0.29, 0.717) is 6.10 Å². The van der Waals surface area contributed by atoms with Gasteiger partial charge in [0.2, 0.25) is 0 Å². The third-order valence-electron chi connectivity index (χ3n) is 3.53. The van der Waals surface area contributed by atoms with Crippen molar-refractivity contribution in [2.24, 2.45) is 0 Å². The van der Waals surface area contributed by atoms with Gasteiger partial charge in [0.15, 0.2) is 0 Å². The summed E-state index contributed by atoms with van der Waals surface area (Å²) in [4.78, 5) is 2.44. The number of morpholine rings is 1. The molecule has 1 heterocycles. The van der Waals surface area contributed by atoms with Gasteiger partial charge in [0.1, 0.15) is 0 Å². The summed E-state index contributed by atoms with van der Waals surface area (Å²) in [7, 11) is 0. The molecule has 0 bridgehead atoms. The Morgan fingerprint density at radius 3 is 2.94 bits per heavy atom. The molecule has 0 aromatic heterocycles. The molecule has 0 spiro atoms. The Morgan fingerprint density at radius 1 is 1.31 bits per heavy atom. The van der Waals surface area contributed by atoms with Crippen LogP contribution in [0, 0.1) is 0 Å². The molecule has 1 aliphatic heterocycles. The van der Waals surface area contributed by atoms with Crippen LogP contribution in [0.1, 0.15) is 31.2 Å². The molecule has 2 nitrogen and oxygen atoms in total. The molecule has 0 amide bonds. The van der Waals surface area contributed by atoms with E-state index in [4.69, 9.17) is 4.74 Å². The van der Waals surface area contributed by atoms with Crippen molar-refractivity contribution in [1.82, 2.24) is 0 Å². The molecule has 1 aliphatic carbocycles. The van der Waals surface area contributed by atoms with Crippen LogP contribution in [0.4, 0.5) is 5.69 Å². The molecule has 2 aliphatic rings. The molecule has 2 fully saturated rings. The Hall–Kier alpha value is -1.02. The lowest BCUT2D eigenvalue weighted by atomic mass is 10.1. The zero-order chi connectivity index (χ0) is 11.0. The van der Waals surface area contributed by atoms with Gasteiger partial charge in [-0.3, -0.25) is 0 Å². The summed E-state index contributed by atoms with van der Waals surface area (Å²) in [6.45, 7) is 5.05. The first-order chi connectivity index (χ1) is 7.83. The van der Waals surface area contributed by atoms with Crippen molar-refractivity contribution in [2.75, 3.05) is 24.6 Å². The number of anilines is 1. The van der Waals surface area contributed by atoms with Crippen LogP contribution in [0.25, 0.3) is 0 Å². The average molecular weight is 217 g/mol. The number of hydrogen-bond donors (Lipinski definition) is 0. The largest absolute Gasteiger partial charge is 0.375 e. The minimum absolute atomic E-state index is 0.360. The number of hydrogen-bond acceptors (Lipinski definition) is 2. The highest BCUT2D eigenvalue weighted by molar-refractivity contribution is 5.50. The van der Waals surface area contributed by atoms with Crippen molar-refractivity contribution in [3.05, 3.63) is 29.8 Å². The molecule has 1 atom stereocenters. The van der Waals surface area contributed by atoms with E-state index in [2.05, 4.69) is 36.1 Å². The molecule has 0 unspecified atom stereocenters. The fourth-order valence-corrected chi connectivity index (χ4v) is 2.45. The van der Waals surface area contributed by atoms with Crippen LogP contribution in [-0.2, 0) is 4.74 Å². The minimum atomic E-state index is 0.360. The Morgan fingerprint density at radius 2 is 2.19 bits per heavy atom. The third-order valence-corrected chi connectivity index (χ3v) is 3.53. The molecular weight excluding hydrogens is 198 g/mol. The van der Waals surface area contributed by atoms with Crippen molar-refractivity contribution in [3.63, 3.8) is 0 Å². The lowest BCUT2D eigenvalue weighted by Crippen LogP contribution is -2.41.